The number of sulfonamides is 1. The Balaban J connectivity index is 1.45. The van der Waals surface area contributed by atoms with Crippen molar-refractivity contribution in [2.24, 2.45) is 0 Å². The molecule has 1 aliphatic rings. The van der Waals surface area contributed by atoms with Gasteiger partial charge in [0.05, 0.1) is 27.3 Å². The van der Waals surface area contributed by atoms with Gasteiger partial charge in [0.1, 0.15) is 5.75 Å². The summed E-state index contributed by atoms with van der Waals surface area (Å²) < 4.78 is 36.3. The SMILES string of the molecule is CCn1c(=O)sc2cc(NC(=O)C3CN(S(=O)(=O)c4ccccc4)c4ccccc4O3)ccc21. The minimum absolute atomic E-state index is 0.0602. The smallest absolute Gasteiger partial charge is 0.308 e. The fourth-order valence-corrected chi connectivity index (χ4v) is 6.44. The zero-order chi connectivity index (χ0) is 23.9. The number of nitrogens with zero attached hydrogens (tertiary/aromatic N) is 2. The number of nitrogens with one attached hydrogen (secondary N) is 1. The molecule has 0 saturated heterocycles. The van der Waals surface area contributed by atoms with E-state index in [1.165, 1.54) is 16.4 Å². The fraction of sp³-hybridized carbons (Fsp3) is 0.167. The molecule has 2 heterocycles. The lowest BCUT2D eigenvalue weighted by atomic mass is 10.2. The molecule has 4 aromatic rings. The molecule has 0 radical (unpaired) electrons. The lowest BCUT2D eigenvalue weighted by Crippen LogP contribution is -2.48. The zero-order valence-corrected chi connectivity index (χ0v) is 19.8. The van der Waals surface area contributed by atoms with Crippen LogP contribution in [0, 0.1) is 0 Å². The molecule has 0 bridgehead atoms. The van der Waals surface area contributed by atoms with Gasteiger partial charge >= 0.3 is 4.87 Å². The molecule has 1 aliphatic heterocycles. The van der Waals surface area contributed by atoms with Crippen molar-refractivity contribution in [3.8, 4) is 5.75 Å². The summed E-state index contributed by atoms with van der Waals surface area (Å²) in [7, 11) is -3.91. The topological polar surface area (TPSA) is 97.7 Å². The number of aromatic nitrogens is 1. The number of hydrogen-bond donors (Lipinski definition) is 1. The summed E-state index contributed by atoms with van der Waals surface area (Å²) in [5, 5.41) is 2.80. The van der Waals surface area contributed by atoms with E-state index in [-0.39, 0.29) is 16.3 Å². The van der Waals surface area contributed by atoms with Crippen LogP contribution in [0.4, 0.5) is 11.4 Å². The van der Waals surface area contributed by atoms with Gasteiger partial charge in [0.25, 0.3) is 15.9 Å². The number of amides is 1. The number of benzene rings is 3. The predicted octanol–water partition coefficient (Wildman–Crippen LogP) is 3.68. The Morgan fingerprint density at radius 2 is 1.82 bits per heavy atom. The summed E-state index contributed by atoms with van der Waals surface area (Å²) in [6.45, 7) is 2.28. The van der Waals surface area contributed by atoms with Crippen molar-refractivity contribution in [3.63, 3.8) is 0 Å². The average Bonchev–Trinajstić information content (AvgIpc) is 3.17. The maximum atomic E-state index is 13.4. The lowest BCUT2D eigenvalue weighted by Gasteiger charge is -2.34. The van der Waals surface area contributed by atoms with E-state index in [0.717, 1.165) is 21.6 Å². The van der Waals surface area contributed by atoms with E-state index in [4.69, 9.17) is 4.74 Å². The fourth-order valence-electron chi connectivity index (χ4n) is 3.95. The van der Waals surface area contributed by atoms with Crippen LogP contribution in [0.3, 0.4) is 0 Å². The molecule has 34 heavy (non-hydrogen) atoms. The van der Waals surface area contributed by atoms with Gasteiger partial charge in [-0.3, -0.25) is 18.5 Å². The monoisotopic (exact) mass is 495 g/mol. The molecule has 1 atom stereocenters. The molecule has 1 aromatic heterocycles. The number of rotatable bonds is 5. The molecule has 174 valence electrons. The highest BCUT2D eigenvalue weighted by molar-refractivity contribution is 7.92. The molecule has 0 saturated carbocycles. The number of para-hydroxylation sites is 2. The molecule has 8 nitrogen and oxygen atoms in total. The van der Waals surface area contributed by atoms with Crippen LogP contribution in [-0.2, 0) is 21.4 Å². The third-order valence-electron chi connectivity index (χ3n) is 5.61. The van der Waals surface area contributed by atoms with E-state index in [1.54, 1.807) is 65.2 Å². The van der Waals surface area contributed by atoms with E-state index >= 15 is 0 Å². The number of ether oxygens (including phenoxy) is 1. The second-order valence-electron chi connectivity index (χ2n) is 7.71. The van der Waals surface area contributed by atoms with Gasteiger partial charge in [-0.2, -0.15) is 0 Å². The third kappa shape index (κ3) is 3.84. The Hall–Kier alpha value is -3.63. The Morgan fingerprint density at radius 1 is 1.09 bits per heavy atom. The van der Waals surface area contributed by atoms with Crippen LogP contribution in [0.1, 0.15) is 6.92 Å². The molecular formula is C24H21N3O5S2. The number of fused-ring (bicyclic) bond motifs is 2. The van der Waals surface area contributed by atoms with E-state index in [1.807, 2.05) is 6.92 Å². The van der Waals surface area contributed by atoms with Crippen LogP contribution in [-0.4, -0.2) is 31.5 Å². The van der Waals surface area contributed by atoms with Crippen LogP contribution < -0.4 is 19.2 Å². The van der Waals surface area contributed by atoms with Crippen molar-refractivity contribution in [3.05, 3.63) is 82.5 Å². The van der Waals surface area contributed by atoms with Crippen LogP contribution in [0.15, 0.2) is 82.5 Å². The summed E-state index contributed by atoms with van der Waals surface area (Å²) in [5.74, 6) is -0.175. The van der Waals surface area contributed by atoms with E-state index in [2.05, 4.69) is 5.32 Å². The molecule has 3 aromatic carbocycles. The summed E-state index contributed by atoms with van der Waals surface area (Å²) in [4.78, 5) is 25.3. The number of carbonyl (C=O) groups is 1. The van der Waals surface area contributed by atoms with Crippen molar-refractivity contribution < 1.29 is 17.9 Å². The maximum absolute atomic E-state index is 13.4. The summed E-state index contributed by atoms with van der Waals surface area (Å²) in [6, 6.07) is 20.1. The molecule has 10 heteroatoms. The molecule has 1 amide bonds. The molecule has 0 aliphatic carbocycles. The Morgan fingerprint density at radius 3 is 2.59 bits per heavy atom. The molecule has 0 fully saturated rings. The highest BCUT2D eigenvalue weighted by Crippen LogP contribution is 2.37. The van der Waals surface area contributed by atoms with Gasteiger partial charge in [-0.05, 0) is 49.4 Å². The van der Waals surface area contributed by atoms with Crippen LogP contribution in [0.2, 0.25) is 0 Å². The largest absolute Gasteiger partial charge is 0.476 e. The van der Waals surface area contributed by atoms with Gasteiger partial charge < -0.3 is 10.1 Å². The highest BCUT2D eigenvalue weighted by Gasteiger charge is 2.37. The molecule has 1 N–H and O–H groups in total. The van der Waals surface area contributed by atoms with E-state index in [0.29, 0.717) is 23.7 Å². The minimum Gasteiger partial charge on any atom is -0.476 e. The number of hydrogen-bond acceptors (Lipinski definition) is 6. The maximum Gasteiger partial charge on any atom is 0.308 e. The Bertz CT molecular complexity index is 1540. The zero-order valence-electron chi connectivity index (χ0n) is 18.2. The van der Waals surface area contributed by atoms with Crippen LogP contribution in [0.25, 0.3) is 10.2 Å². The summed E-state index contributed by atoms with van der Waals surface area (Å²) in [5.41, 5.74) is 1.68. The first-order valence-electron chi connectivity index (χ1n) is 10.7. The second kappa shape index (κ2) is 8.62. The predicted molar refractivity (Wildman–Crippen MR) is 132 cm³/mol. The second-order valence-corrected chi connectivity index (χ2v) is 10.6. The van der Waals surface area contributed by atoms with Crippen molar-refractivity contribution in [2.75, 3.05) is 16.2 Å². The normalized spacial score (nSPS) is 15.6. The Kier molecular flexibility index (Phi) is 5.62. The van der Waals surface area contributed by atoms with Gasteiger partial charge in [0, 0.05) is 12.2 Å². The first-order chi connectivity index (χ1) is 16.4. The number of carbonyl (C=O) groups excluding carboxylic acids is 1. The first kappa shape index (κ1) is 22.2. The quantitative estimate of drug-likeness (QED) is 0.456. The minimum atomic E-state index is -3.91. The van der Waals surface area contributed by atoms with Gasteiger partial charge in [-0.1, -0.05) is 41.7 Å². The average molecular weight is 496 g/mol. The van der Waals surface area contributed by atoms with Crippen molar-refractivity contribution in [1.29, 1.82) is 0 Å². The molecule has 5 rings (SSSR count). The third-order valence-corrected chi connectivity index (χ3v) is 8.35. The highest BCUT2D eigenvalue weighted by atomic mass is 32.2. The van der Waals surface area contributed by atoms with Crippen LogP contribution >= 0.6 is 11.3 Å². The van der Waals surface area contributed by atoms with Crippen molar-refractivity contribution >= 4 is 48.9 Å². The summed E-state index contributed by atoms with van der Waals surface area (Å²) in [6.07, 6.45) is -1.07. The first-order valence-corrected chi connectivity index (χ1v) is 12.9. The Labute approximate surface area is 200 Å². The van der Waals surface area contributed by atoms with Gasteiger partial charge in [-0.25, -0.2) is 8.42 Å². The van der Waals surface area contributed by atoms with E-state index in [9.17, 15) is 18.0 Å². The number of anilines is 2. The lowest BCUT2D eigenvalue weighted by molar-refractivity contribution is -0.122. The molecule has 0 spiro atoms. The van der Waals surface area contributed by atoms with Gasteiger partial charge in [0.15, 0.2) is 6.10 Å². The molecular weight excluding hydrogens is 474 g/mol. The number of thiazole rings is 1. The van der Waals surface area contributed by atoms with Gasteiger partial charge in [-0.15, -0.1) is 0 Å². The van der Waals surface area contributed by atoms with Crippen molar-refractivity contribution in [1.82, 2.24) is 4.57 Å². The molecule has 1 unspecified atom stereocenters. The standard InChI is InChI=1S/C24H21N3O5S2/c1-2-26-19-13-12-16(14-22(19)33-24(26)29)25-23(28)21-15-27(18-10-6-7-11-20(18)32-21)34(30,31)17-8-4-3-5-9-17/h3-14,21H,2,15H2,1H3,(H,25,28). The summed E-state index contributed by atoms with van der Waals surface area (Å²) >= 11 is 1.11. The van der Waals surface area contributed by atoms with Crippen molar-refractivity contribution in [2.45, 2.75) is 24.5 Å². The van der Waals surface area contributed by atoms with Crippen LogP contribution in [0.5, 0.6) is 5.75 Å². The number of aryl methyl sites for hydroxylation is 1. The van der Waals surface area contributed by atoms with Gasteiger partial charge in [0.2, 0.25) is 0 Å². The van der Waals surface area contributed by atoms with E-state index < -0.39 is 22.0 Å².